The summed E-state index contributed by atoms with van der Waals surface area (Å²) in [6.07, 6.45) is 4.07. The van der Waals surface area contributed by atoms with Crippen LogP contribution in [0.5, 0.6) is 0 Å². The number of ketones is 2. The lowest BCUT2D eigenvalue weighted by molar-refractivity contribution is -0.384. The molecule has 1 N–H and O–H groups in total. The predicted molar refractivity (Wildman–Crippen MR) is 180 cm³/mol. The molecule has 8 heteroatoms. The summed E-state index contributed by atoms with van der Waals surface area (Å²) in [4.78, 5) is 40.1. The largest absolute Gasteiger partial charge is 0.362 e. The number of carbonyl (C=O) groups is 2. The van der Waals surface area contributed by atoms with Gasteiger partial charge in [0.25, 0.3) is 5.69 Å². The first-order valence-corrected chi connectivity index (χ1v) is 15.5. The molecule has 0 aromatic heterocycles. The first-order chi connectivity index (χ1) is 21.2. The van der Waals surface area contributed by atoms with Gasteiger partial charge < -0.3 is 10.2 Å². The predicted octanol–water partition coefficient (Wildman–Crippen LogP) is 7.66. The molecular formula is C37H42ClN3O4. The van der Waals surface area contributed by atoms with E-state index in [0.29, 0.717) is 34.5 Å². The minimum atomic E-state index is -0.632. The molecule has 2 aliphatic heterocycles. The molecule has 2 heterocycles. The van der Waals surface area contributed by atoms with Crippen molar-refractivity contribution in [2.24, 2.45) is 0 Å². The van der Waals surface area contributed by atoms with E-state index in [1.807, 2.05) is 13.8 Å². The maximum Gasteiger partial charge on any atom is 0.269 e. The van der Waals surface area contributed by atoms with Crippen LogP contribution in [0.15, 0.2) is 107 Å². The number of nitro benzene ring substituents is 1. The number of non-ortho nitro benzene ring substituents is 1. The Kier molecular flexibility index (Phi) is 11.1. The van der Waals surface area contributed by atoms with Crippen LogP contribution in [0.3, 0.4) is 0 Å². The Morgan fingerprint density at radius 3 is 2.00 bits per heavy atom. The summed E-state index contributed by atoms with van der Waals surface area (Å²) >= 11 is 0. The quantitative estimate of drug-likeness (QED) is 0.133. The Bertz CT molecular complexity index is 1550. The Balaban J connectivity index is 0.00000461. The van der Waals surface area contributed by atoms with E-state index >= 15 is 0 Å². The number of nitrogens with one attached hydrogen (secondary N) is 1. The minimum absolute atomic E-state index is 0. The third-order valence-corrected chi connectivity index (χ3v) is 9.34. The number of benzene rings is 3. The molecule has 3 aromatic carbocycles. The van der Waals surface area contributed by atoms with Crippen molar-refractivity contribution < 1.29 is 14.5 Å². The van der Waals surface area contributed by atoms with Gasteiger partial charge in [-0.15, -0.1) is 12.4 Å². The Hall–Kier alpha value is -4.07. The topological polar surface area (TPSA) is 92.6 Å². The Labute approximate surface area is 272 Å². The number of halogens is 1. The van der Waals surface area contributed by atoms with Crippen LogP contribution >= 0.6 is 12.4 Å². The van der Waals surface area contributed by atoms with Crippen LogP contribution in [0.1, 0.15) is 75.5 Å². The molecule has 236 valence electrons. The van der Waals surface area contributed by atoms with Crippen molar-refractivity contribution in [3.63, 3.8) is 0 Å². The highest BCUT2D eigenvalue weighted by Gasteiger charge is 2.38. The highest BCUT2D eigenvalue weighted by molar-refractivity contribution is 6.04. The first-order valence-electron chi connectivity index (χ1n) is 15.5. The van der Waals surface area contributed by atoms with Crippen molar-refractivity contribution in [3.8, 4) is 0 Å². The minimum Gasteiger partial charge on any atom is -0.362 e. The lowest BCUT2D eigenvalue weighted by Gasteiger charge is -2.43. The number of rotatable bonds is 11. The van der Waals surface area contributed by atoms with Crippen molar-refractivity contribution >= 4 is 29.7 Å². The summed E-state index contributed by atoms with van der Waals surface area (Å²) in [5.74, 6) is -0.813. The Morgan fingerprint density at radius 2 is 1.44 bits per heavy atom. The van der Waals surface area contributed by atoms with Gasteiger partial charge in [0.2, 0.25) is 0 Å². The SMILES string of the molecule is CC(=O)C1=C(C)NC(C)=C(C(=O)CCCCN2CCC(c3ccccc3)(c3ccccc3)CC2)C1c1cccc([N+](=O)[O-])c1.Cl. The molecule has 1 fully saturated rings. The second-order valence-electron chi connectivity index (χ2n) is 12.1. The van der Waals surface area contributed by atoms with E-state index < -0.39 is 10.8 Å². The molecule has 0 aliphatic carbocycles. The number of piperidine rings is 1. The fourth-order valence-corrected chi connectivity index (χ4v) is 7.15. The molecule has 1 atom stereocenters. The van der Waals surface area contributed by atoms with Gasteiger partial charge in [-0.05, 0) is 82.8 Å². The van der Waals surface area contributed by atoms with Crippen molar-refractivity contribution in [2.45, 2.75) is 64.2 Å². The smallest absolute Gasteiger partial charge is 0.269 e. The molecule has 1 saturated heterocycles. The van der Waals surface area contributed by atoms with Crippen LogP contribution in [0.25, 0.3) is 0 Å². The average molecular weight is 628 g/mol. The number of nitrogens with zero attached hydrogens (tertiary/aromatic N) is 2. The molecule has 3 aromatic rings. The van der Waals surface area contributed by atoms with Crippen molar-refractivity contribution in [2.75, 3.05) is 19.6 Å². The fraction of sp³-hybridized carbons (Fsp3) is 0.351. The fourth-order valence-electron chi connectivity index (χ4n) is 7.15. The number of allylic oxidation sites excluding steroid dienone is 4. The van der Waals surface area contributed by atoms with E-state index in [0.717, 1.165) is 45.3 Å². The number of likely N-dealkylation sites (tertiary alicyclic amines) is 1. The van der Waals surface area contributed by atoms with Crippen LogP contribution in [0.4, 0.5) is 5.69 Å². The first kappa shape index (κ1) is 33.8. The van der Waals surface area contributed by atoms with Gasteiger partial charge in [0, 0.05) is 52.4 Å². The number of hydrogen-bond donors (Lipinski definition) is 1. The molecule has 0 radical (unpaired) electrons. The summed E-state index contributed by atoms with van der Waals surface area (Å²) in [5, 5.41) is 14.7. The number of unbranched alkanes of at least 4 members (excludes halogenated alkanes) is 1. The maximum atomic E-state index is 13.8. The normalized spacial score (nSPS) is 18.2. The van der Waals surface area contributed by atoms with E-state index in [1.54, 1.807) is 12.1 Å². The standard InChI is InChI=1S/C37H41N3O4.ClH/c1-26-34(28(3)41)36(29-13-12-18-32(25-29)40(43)44)35(27(2)38-26)33(42)19-10-11-22-39-23-20-37(21-24-39,30-14-6-4-7-15-30)31-16-8-5-9-17-31;/h4-9,12-18,25,36,38H,10-11,19-24H2,1-3H3;1H. The van der Waals surface area contributed by atoms with Crippen LogP contribution in [-0.2, 0) is 15.0 Å². The highest BCUT2D eigenvalue weighted by Crippen LogP contribution is 2.42. The van der Waals surface area contributed by atoms with E-state index in [2.05, 4.69) is 70.9 Å². The van der Waals surface area contributed by atoms with Gasteiger partial charge in [0.15, 0.2) is 11.6 Å². The molecule has 0 saturated carbocycles. The molecule has 0 amide bonds. The van der Waals surface area contributed by atoms with Gasteiger partial charge in [-0.25, -0.2) is 0 Å². The van der Waals surface area contributed by atoms with Gasteiger partial charge in [-0.2, -0.15) is 0 Å². The molecule has 1 unspecified atom stereocenters. The second-order valence-corrected chi connectivity index (χ2v) is 12.1. The molecule has 0 spiro atoms. The number of hydrogen-bond acceptors (Lipinski definition) is 6. The van der Waals surface area contributed by atoms with E-state index in [-0.39, 0.29) is 35.1 Å². The number of Topliss-reactive ketones (excluding diaryl/α,β-unsaturated/α-hetero) is 2. The number of carbonyl (C=O) groups excluding carboxylic acids is 2. The van der Waals surface area contributed by atoms with Gasteiger partial charge in [-0.3, -0.25) is 19.7 Å². The molecule has 5 rings (SSSR count). The highest BCUT2D eigenvalue weighted by atomic mass is 35.5. The molecule has 2 aliphatic rings. The van der Waals surface area contributed by atoms with E-state index in [4.69, 9.17) is 0 Å². The van der Waals surface area contributed by atoms with Crippen LogP contribution < -0.4 is 5.32 Å². The van der Waals surface area contributed by atoms with Crippen LogP contribution in [0, 0.1) is 10.1 Å². The number of nitro groups is 1. The second kappa shape index (κ2) is 14.8. The van der Waals surface area contributed by atoms with Gasteiger partial charge in [0.1, 0.15) is 0 Å². The van der Waals surface area contributed by atoms with E-state index in [1.165, 1.54) is 30.2 Å². The van der Waals surface area contributed by atoms with Crippen molar-refractivity contribution in [1.82, 2.24) is 10.2 Å². The third-order valence-electron chi connectivity index (χ3n) is 9.34. The van der Waals surface area contributed by atoms with Gasteiger partial charge in [0.05, 0.1) is 4.92 Å². The lowest BCUT2D eigenvalue weighted by Crippen LogP contribution is -2.43. The molecule has 0 bridgehead atoms. The molecule has 45 heavy (non-hydrogen) atoms. The zero-order chi connectivity index (χ0) is 31.3. The lowest BCUT2D eigenvalue weighted by atomic mass is 9.68. The summed E-state index contributed by atoms with van der Waals surface area (Å²) in [6.45, 7) is 8.05. The van der Waals surface area contributed by atoms with Crippen LogP contribution in [0.2, 0.25) is 0 Å². The maximum absolute atomic E-state index is 13.8. The molecule has 7 nitrogen and oxygen atoms in total. The zero-order valence-corrected chi connectivity index (χ0v) is 27.1. The van der Waals surface area contributed by atoms with Crippen molar-refractivity contribution in [1.29, 1.82) is 0 Å². The van der Waals surface area contributed by atoms with Gasteiger partial charge >= 0.3 is 0 Å². The van der Waals surface area contributed by atoms with Gasteiger partial charge in [-0.1, -0.05) is 72.8 Å². The Morgan fingerprint density at radius 1 is 0.867 bits per heavy atom. The van der Waals surface area contributed by atoms with Crippen LogP contribution in [-0.4, -0.2) is 41.0 Å². The summed E-state index contributed by atoms with van der Waals surface area (Å²) in [7, 11) is 0. The average Bonchev–Trinajstić information content (AvgIpc) is 3.03. The number of dihydropyridines is 1. The zero-order valence-electron chi connectivity index (χ0n) is 26.3. The monoisotopic (exact) mass is 627 g/mol. The summed E-state index contributed by atoms with van der Waals surface area (Å²) in [5.41, 5.74) is 5.65. The molecular weight excluding hydrogens is 586 g/mol. The van der Waals surface area contributed by atoms with E-state index in [9.17, 15) is 19.7 Å². The third kappa shape index (κ3) is 7.26. The summed E-state index contributed by atoms with van der Waals surface area (Å²) in [6, 6.07) is 27.9. The van der Waals surface area contributed by atoms with Crippen molar-refractivity contribution in [3.05, 3.63) is 134 Å². The summed E-state index contributed by atoms with van der Waals surface area (Å²) < 4.78 is 0.